The molecule has 10 heteroatoms. The normalized spacial score (nSPS) is 23.4. The first kappa shape index (κ1) is 20.9. The Morgan fingerprint density at radius 2 is 2.09 bits per heavy atom. The van der Waals surface area contributed by atoms with Gasteiger partial charge in [-0.1, -0.05) is 0 Å². The van der Waals surface area contributed by atoms with Crippen LogP contribution in [0.1, 0.15) is 49.7 Å². The predicted octanol–water partition coefficient (Wildman–Crippen LogP) is 3.25. The maximum atomic E-state index is 13.4. The fraction of sp³-hybridized carbons (Fsp3) is 0.417. The van der Waals surface area contributed by atoms with Gasteiger partial charge in [0.2, 0.25) is 5.88 Å². The van der Waals surface area contributed by atoms with Crippen LogP contribution in [0.2, 0.25) is 0 Å². The van der Waals surface area contributed by atoms with Crippen molar-refractivity contribution >= 4 is 22.9 Å². The molecule has 2 bridgehead atoms. The number of anilines is 1. The van der Waals surface area contributed by atoms with E-state index < -0.39 is 0 Å². The predicted molar refractivity (Wildman–Crippen MR) is 124 cm³/mol. The molecule has 6 heterocycles. The molecule has 0 radical (unpaired) electrons. The Balaban J connectivity index is 1.37. The van der Waals surface area contributed by atoms with Crippen molar-refractivity contribution < 1.29 is 19.0 Å². The van der Waals surface area contributed by atoms with Crippen LogP contribution in [0, 0.1) is 0 Å². The van der Waals surface area contributed by atoms with E-state index in [9.17, 15) is 4.79 Å². The first-order valence-electron chi connectivity index (χ1n) is 11.3. The number of carbonyl (C=O) groups is 1. The molecule has 176 valence electrons. The number of fused-ring (bicyclic) bond motifs is 3. The second kappa shape index (κ2) is 7.17. The van der Waals surface area contributed by atoms with Crippen LogP contribution in [0.15, 0.2) is 36.9 Å². The lowest BCUT2D eigenvalue weighted by Gasteiger charge is -2.41. The quantitative estimate of drug-likeness (QED) is 0.469. The molecule has 3 aliphatic rings. The topological polar surface area (TPSA) is 104 Å². The van der Waals surface area contributed by atoms with Gasteiger partial charge in [-0.05, 0) is 33.6 Å². The summed E-state index contributed by atoms with van der Waals surface area (Å²) in [6.45, 7) is 6.68. The van der Waals surface area contributed by atoms with Crippen LogP contribution in [-0.2, 0) is 10.2 Å². The van der Waals surface area contributed by atoms with E-state index in [-0.39, 0.29) is 23.0 Å². The minimum absolute atomic E-state index is 0.0299. The van der Waals surface area contributed by atoms with Gasteiger partial charge in [0.1, 0.15) is 17.1 Å². The van der Waals surface area contributed by atoms with Gasteiger partial charge in [-0.25, -0.2) is 9.50 Å². The number of methoxy groups -OCH3 is 1. The molecule has 3 fully saturated rings. The molecule has 1 amide bonds. The summed E-state index contributed by atoms with van der Waals surface area (Å²) in [4.78, 5) is 22.7. The highest BCUT2D eigenvalue weighted by Crippen LogP contribution is 2.58. The van der Waals surface area contributed by atoms with E-state index in [1.165, 1.54) is 0 Å². The van der Waals surface area contributed by atoms with E-state index in [1.54, 1.807) is 36.3 Å². The van der Waals surface area contributed by atoms with Gasteiger partial charge in [0.05, 0.1) is 42.9 Å². The number of aromatic nitrogens is 5. The Bertz CT molecular complexity index is 1430. The van der Waals surface area contributed by atoms with Crippen LogP contribution in [0.5, 0.6) is 11.6 Å². The minimum atomic E-state index is -0.328. The smallest absolute Gasteiger partial charge is 0.261 e. The second-order valence-electron chi connectivity index (χ2n) is 9.73. The van der Waals surface area contributed by atoms with Crippen molar-refractivity contribution in [1.82, 2.24) is 24.0 Å². The molecule has 34 heavy (non-hydrogen) atoms. The molecular formula is C24H26N6O4. The van der Waals surface area contributed by atoms with Crippen molar-refractivity contribution in [2.75, 3.05) is 19.0 Å². The fourth-order valence-electron chi connectivity index (χ4n) is 5.19. The van der Waals surface area contributed by atoms with E-state index >= 15 is 0 Å². The van der Waals surface area contributed by atoms with Crippen molar-refractivity contribution in [2.24, 2.45) is 0 Å². The molecule has 0 aromatic carbocycles. The van der Waals surface area contributed by atoms with Crippen LogP contribution in [0.3, 0.4) is 0 Å². The monoisotopic (exact) mass is 462 g/mol. The molecule has 2 aliphatic heterocycles. The van der Waals surface area contributed by atoms with E-state index in [1.807, 2.05) is 30.5 Å². The van der Waals surface area contributed by atoms with Crippen LogP contribution in [0.4, 0.5) is 5.69 Å². The maximum absolute atomic E-state index is 13.4. The van der Waals surface area contributed by atoms with Crippen molar-refractivity contribution in [2.45, 2.75) is 50.7 Å². The number of nitrogens with one attached hydrogen (secondary N) is 1. The molecule has 2 saturated heterocycles. The van der Waals surface area contributed by atoms with Crippen LogP contribution in [0.25, 0.3) is 11.3 Å². The van der Waals surface area contributed by atoms with Crippen LogP contribution < -0.4 is 14.8 Å². The average molecular weight is 463 g/mol. The Morgan fingerprint density at radius 1 is 1.26 bits per heavy atom. The summed E-state index contributed by atoms with van der Waals surface area (Å²) in [5.41, 5.74) is 3.02. The third-order valence-corrected chi connectivity index (χ3v) is 6.63. The summed E-state index contributed by atoms with van der Waals surface area (Å²) < 4.78 is 20.6. The Kier molecular flexibility index (Phi) is 4.41. The molecular weight excluding hydrogens is 436 g/mol. The molecule has 7 rings (SSSR count). The van der Waals surface area contributed by atoms with Gasteiger partial charge in [-0.3, -0.25) is 4.79 Å². The van der Waals surface area contributed by atoms with E-state index in [2.05, 4.69) is 22.3 Å². The highest BCUT2D eigenvalue weighted by molar-refractivity contribution is 6.07. The summed E-state index contributed by atoms with van der Waals surface area (Å²) in [5.74, 6) is 0.575. The van der Waals surface area contributed by atoms with Gasteiger partial charge in [-0.2, -0.15) is 10.1 Å². The maximum Gasteiger partial charge on any atom is 0.261 e. The Morgan fingerprint density at radius 3 is 2.79 bits per heavy atom. The average Bonchev–Trinajstić information content (AvgIpc) is 3.53. The summed E-state index contributed by atoms with van der Waals surface area (Å²) in [7, 11) is 1.54. The van der Waals surface area contributed by atoms with Gasteiger partial charge >= 0.3 is 0 Å². The van der Waals surface area contributed by atoms with E-state index in [4.69, 9.17) is 19.2 Å². The number of ether oxygens (including phenoxy) is 3. The lowest BCUT2D eigenvalue weighted by atomic mass is 9.62. The molecule has 10 nitrogen and oxygen atoms in total. The molecule has 4 aromatic heterocycles. The van der Waals surface area contributed by atoms with Crippen molar-refractivity contribution in [3.8, 4) is 11.6 Å². The zero-order chi connectivity index (χ0) is 23.7. The van der Waals surface area contributed by atoms with E-state index in [0.29, 0.717) is 35.1 Å². The number of hydrogen-bond acceptors (Lipinski definition) is 7. The number of amides is 1. The van der Waals surface area contributed by atoms with Crippen molar-refractivity contribution in [3.05, 3.63) is 48.2 Å². The number of hydrogen-bond donors (Lipinski definition) is 1. The summed E-state index contributed by atoms with van der Waals surface area (Å²) in [6.07, 6.45) is 8.88. The SMILES string of the molecule is COc1ccn2ncc(NC(=O)c3cn4cc(C56COC(C)(C5)C6)nc4cc3OC(C)C)c2n1. The van der Waals surface area contributed by atoms with Gasteiger partial charge < -0.3 is 23.9 Å². The van der Waals surface area contributed by atoms with Crippen molar-refractivity contribution in [1.29, 1.82) is 0 Å². The summed E-state index contributed by atoms with van der Waals surface area (Å²) >= 11 is 0. The minimum Gasteiger partial charge on any atom is -0.490 e. The summed E-state index contributed by atoms with van der Waals surface area (Å²) in [6, 6.07) is 3.52. The third-order valence-electron chi connectivity index (χ3n) is 6.63. The standard InChI is InChI=1S/C24H26N6O4/c1-14(2)34-17-7-19-27-18(24-11-23(3,12-24)33-13-24)10-29(19)9-15(17)22(31)26-16-8-25-30-6-5-20(32-4)28-21(16)30/h5-10,14H,11-13H2,1-4H3,(H,26,31). The van der Waals surface area contributed by atoms with Crippen LogP contribution >= 0.6 is 0 Å². The number of rotatable bonds is 6. The molecule has 1 aliphatic carbocycles. The van der Waals surface area contributed by atoms with Gasteiger partial charge in [0.25, 0.3) is 5.91 Å². The highest BCUT2D eigenvalue weighted by atomic mass is 16.5. The number of nitrogens with zero attached hydrogens (tertiary/aromatic N) is 5. The van der Waals surface area contributed by atoms with Gasteiger partial charge in [0, 0.05) is 36.1 Å². The second-order valence-corrected chi connectivity index (χ2v) is 9.73. The van der Waals surface area contributed by atoms with Crippen molar-refractivity contribution in [3.63, 3.8) is 0 Å². The molecule has 1 saturated carbocycles. The number of carbonyl (C=O) groups excluding carboxylic acids is 1. The first-order valence-corrected chi connectivity index (χ1v) is 11.3. The number of pyridine rings is 1. The van der Waals surface area contributed by atoms with Gasteiger partial charge in [-0.15, -0.1) is 0 Å². The van der Waals surface area contributed by atoms with Crippen LogP contribution in [-0.4, -0.2) is 55.3 Å². The molecule has 0 atom stereocenters. The summed E-state index contributed by atoms with van der Waals surface area (Å²) in [5, 5.41) is 7.17. The highest BCUT2D eigenvalue weighted by Gasteiger charge is 2.61. The molecule has 0 unspecified atom stereocenters. The lowest BCUT2D eigenvalue weighted by molar-refractivity contribution is 0.0154. The molecule has 0 spiro atoms. The molecule has 1 N–H and O–H groups in total. The first-order chi connectivity index (χ1) is 16.3. The Labute approximate surface area is 195 Å². The van der Waals surface area contributed by atoms with Gasteiger partial charge in [0.15, 0.2) is 5.65 Å². The third kappa shape index (κ3) is 3.20. The fourth-order valence-corrected chi connectivity index (χ4v) is 5.19. The lowest BCUT2D eigenvalue weighted by Crippen LogP contribution is -2.45. The zero-order valence-corrected chi connectivity index (χ0v) is 19.5. The molecule has 4 aromatic rings. The Hall–Kier alpha value is -3.66. The van der Waals surface area contributed by atoms with E-state index in [0.717, 1.165) is 24.2 Å². The zero-order valence-electron chi connectivity index (χ0n) is 19.5. The largest absolute Gasteiger partial charge is 0.490 e. The number of imidazole rings is 1.